The number of hydrogen-bond acceptors (Lipinski definition) is 3. The van der Waals surface area contributed by atoms with Gasteiger partial charge in [0.05, 0.1) is 0 Å². The number of benzene rings is 1. The molecule has 0 amide bonds. The summed E-state index contributed by atoms with van der Waals surface area (Å²) >= 11 is 0. The van der Waals surface area contributed by atoms with Crippen molar-refractivity contribution in [3.8, 4) is 0 Å². The van der Waals surface area contributed by atoms with E-state index in [9.17, 15) is 4.79 Å². The molecule has 3 atom stereocenters. The fourth-order valence-electron chi connectivity index (χ4n) is 4.01. The molecule has 3 heteroatoms. The van der Waals surface area contributed by atoms with Crippen LogP contribution in [0, 0.1) is 0 Å². The molecule has 2 saturated heterocycles. The zero-order valence-electron chi connectivity index (χ0n) is 11.7. The van der Waals surface area contributed by atoms with Crippen molar-refractivity contribution in [2.75, 3.05) is 7.05 Å². The van der Waals surface area contributed by atoms with Crippen LogP contribution in [0.4, 0.5) is 0 Å². The second-order valence-corrected chi connectivity index (χ2v) is 6.27. The van der Waals surface area contributed by atoms with Gasteiger partial charge in [-0.2, -0.15) is 0 Å². The minimum absolute atomic E-state index is 0.266. The van der Waals surface area contributed by atoms with Gasteiger partial charge in [0, 0.05) is 23.5 Å². The van der Waals surface area contributed by atoms with Crippen molar-refractivity contribution < 1.29 is 4.42 Å². The summed E-state index contributed by atoms with van der Waals surface area (Å²) < 4.78 is 5.32. The van der Waals surface area contributed by atoms with Crippen LogP contribution in [-0.4, -0.2) is 24.0 Å². The predicted octanol–water partition coefficient (Wildman–Crippen LogP) is 3.13. The molecule has 3 nitrogen and oxygen atoms in total. The summed E-state index contributed by atoms with van der Waals surface area (Å²) in [5.74, 6) is 0.610. The normalized spacial score (nSPS) is 29.9. The maximum atomic E-state index is 11.4. The number of nitrogens with zero attached hydrogens (tertiary/aromatic N) is 1. The van der Waals surface area contributed by atoms with Crippen LogP contribution in [0.25, 0.3) is 11.0 Å². The molecule has 2 aliphatic rings. The van der Waals surface area contributed by atoms with Crippen LogP contribution >= 0.6 is 0 Å². The molecule has 2 aliphatic heterocycles. The molecule has 0 radical (unpaired) electrons. The van der Waals surface area contributed by atoms with E-state index in [1.54, 1.807) is 0 Å². The third kappa shape index (κ3) is 1.88. The number of rotatable bonds is 1. The highest BCUT2D eigenvalue weighted by molar-refractivity contribution is 5.77. The van der Waals surface area contributed by atoms with Crippen LogP contribution in [0.5, 0.6) is 0 Å². The molecule has 4 rings (SSSR count). The molecule has 1 aromatic heterocycles. The molecule has 2 fully saturated rings. The lowest BCUT2D eigenvalue weighted by molar-refractivity contribution is 0.161. The van der Waals surface area contributed by atoms with E-state index in [0.29, 0.717) is 5.92 Å². The fourth-order valence-corrected chi connectivity index (χ4v) is 4.01. The van der Waals surface area contributed by atoms with Crippen molar-refractivity contribution in [2.24, 2.45) is 0 Å². The van der Waals surface area contributed by atoms with E-state index in [1.807, 2.05) is 6.07 Å². The molecule has 1 unspecified atom stereocenters. The first-order valence-electron chi connectivity index (χ1n) is 7.46. The second-order valence-electron chi connectivity index (χ2n) is 6.27. The maximum absolute atomic E-state index is 11.4. The molecular formula is C17H19NO2. The van der Waals surface area contributed by atoms with Crippen LogP contribution < -0.4 is 5.63 Å². The molecule has 104 valence electrons. The predicted molar refractivity (Wildman–Crippen MR) is 79.0 cm³/mol. The number of fused-ring (bicyclic) bond motifs is 3. The average molecular weight is 269 g/mol. The molecule has 1 aromatic carbocycles. The minimum atomic E-state index is -0.266. The summed E-state index contributed by atoms with van der Waals surface area (Å²) in [5.41, 5.74) is 1.79. The molecule has 0 spiro atoms. The summed E-state index contributed by atoms with van der Waals surface area (Å²) in [6.07, 6.45) is 5.13. The Morgan fingerprint density at radius 3 is 2.55 bits per heavy atom. The zero-order chi connectivity index (χ0) is 13.7. The molecule has 0 saturated carbocycles. The Bertz CT molecular complexity index is 691. The highest BCUT2D eigenvalue weighted by Gasteiger charge is 2.38. The molecule has 0 N–H and O–H groups in total. The largest absolute Gasteiger partial charge is 0.423 e. The molecule has 0 aliphatic carbocycles. The standard InChI is InChI=1S/C17H19NO2/c1-18-14-5-6-15(18)9-13(8-14)12-3-2-11-4-7-17(19)20-16(11)10-12/h2-4,7,10,13-15H,5-6,8-9H2,1H3/t13?,14-,15+. The van der Waals surface area contributed by atoms with Crippen LogP contribution in [0.1, 0.15) is 37.2 Å². The van der Waals surface area contributed by atoms with Crippen molar-refractivity contribution >= 4 is 11.0 Å². The number of piperidine rings is 1. The van der Waals surface area contributed by atoms with Gasteiger partial charge in [-0.1, -0.05) is 12.1 Å². The molecule has 3 heterocycles. The van der Waals surface area contributed by atoms with E-state index in [4.69, 9.17) is 4.42 Å². The highest BCUT2D eigenvalue weighted by Crippen LogP contribution is 2.42. The first-order valence-corrected chi connectivity index (χ1v) is 7.46. The van der Waals surface area contributed by atoms with Gasteiger partial charge in [-0.25, -0.2) is 4.79 Å². The quantitative estimate of drug-likeness (QED) is 0.746. The summed E-state index contributed by atoms with van der Waals surface area (Å²) in [5, 5.41) is 1.00. The lowest BCUT2D eigenvalue weighted by Crippen LogP contribution is -2.39. The van der Waals surface area contributed by atoms with Crippen molar-refractivity contribution in [3.05, 3.63) is 46.3 Å². The van der Waals surface area contributed by atoms with Gasteiger partial charge >= 0.3 is 5.63 Å². The molecule has 20 heavy (non-hydrogen) atoms. The third-order valence-electron chi connectivity index (χ3n) is 5.22. The van der Waals surface area contributed by atoms with Gasteiger partial charge in [0.15, 0.2) is 0 Å². The van der Waals surface area contributed by atoms with Gasteiger partial charge in [-0.15, -0.1) is 0 Å². The van der Waals surface area contributed by atoms with Crippen molar-refractivity contribution in [1.29, 1.82) is 0 Å². The third-order valence-corrected chi connectivity index (χ3v) is 5.22. The Hall–Kier alpha value is -1.61. The van der Waals surface area contributed by atoms with Crippen LogP contribution in [0.3, 0.4) is 0 Å². The zero-order valence-corrected chi connectivity index (χ0v) is 11.7. The molecule has 2 bridgehead atoms. The second kappa shape index (κ2) is 4.45. The first-order chi connectivity index (χ1) is 9.70. The summed E-state index contributed by atoms with van der Waals surface area (Å²) in [6.45, 7) is 0. The van der Waals surface area contributed by atoms with Gasteiger partial charge in [0.2, 0.25) is 0 Å². The lowest BCUT2D eigenvalue weighted by Gasteiger charge is -2.36. The SMILES string of the molecule is CN1[C@@H]2CC[C@H]1CC(c1ccc3ccc(=O)oc3c1)C2. The first kappa shape index (κ1) is 12.2. The Morgan fingerprint density at radius 2 is 1.80 bits per heavy atom. The Balaban J connectivity index is 1.70. The van der Waals surface area contributed by atoms with Gasteiger partial charge in [-0.05, 0) is 56.3 Å². The van der Waals surface area contributed by atoms with Crippen molar-refractivity contribution in [2.45, 2.75) is 43.7 Å². The van der Waals surface area contributed by atoms with Gasteiger partial charge < -0.3 is 9.32 Å². The van der Waals surface area contributed by atoms with Crippen LogP contribution in [0.2, 0.25) is 0 Å². The highest BCUT2D eigenvalue weighted by atomic mass is 16.4. The van der Waals surface area contributed by atoms with Gasteiger partial charge in [-0.3, -0.25) is 0 Å². The smallest absolute Gasteiger partial charge is 0.336 e. The maximum Gasteiger partial charge on any atom is 0.336 e. The minimum Gasteiger partial charge on any atom is -0.423 e. The molecule has 2 aromatic rings. The van der Waals surface area contributed by atoms with E-state index in [0.717, 1.165) is 23.1 Å². The van der Waals surface area contributed by atoms with Crippen molar-refractivity contribution in [1.82, 2.24) is 4.90 Å². The summed E-state index contributed by atoms with van der Waals surface area (Å²) in [6, 6.07) is 11.1. The van der Waals surface area contributed by atoms with E-state index in [1.165, 1.54) is 37.3 Å². The topological polar surface area (TPSA) is 33.5 Å². The van der Waals surface area contributed by atoms with Gasteiger partial charge in [0.25, 0.3) is 0 Å². The average Bonchev–Trinajstić information content (AvgIpc) is 2.67. The van der Waals surface area contributed by atoms with E-state index in [2.05, 4.69) is 30.1 Å². The molecular weight excluding hydrogens is 250 g/mol. The fraction of sp³-hybridized carbons (Fsp3) is 0.471. The van der Waals surface area contributed by atoms with Crippen LogP contribution in [0.15, 0.2) is 39.5 Å². The lowest BCUT2D eigenvalue weighted by atomic mass is 9.85. The van der Waals surface area contributed by atoms with Gasteiger partial charge in [0.1, 0.15) is 5.58 Å². The van der Waals surface area contributed by atoms with E-state index >= 15 is 0 Å². The Labute approximate surface area is 118 Å². The van der Waals surface area contributed by atoms with Crippen molar-refractivity contribution in [3.63, 3.8) is 0 Å². The van der Waals surface area contributed by atoms with E-state index < -0.39 is 0 Å². The summed E-state index contributed by atoms with van der Waals surface area (Å²) in [4.78, 5) is 13.9. The van der Waals surface area contributed by atoms with E-state index in [-0.39, 0.29) is 5.63 Å². The van der Waals surface area contributed by atoms with Crippen LogP contribution in [-0.2, 0) is 0 Å². The monoisotopic (exact) mass is 269 g/mol. The Kier molecular flexibility index (Phi) is 2.71. The summed E-state index contributed by atoms with van der Waals surface area (Å²) in [7, 11) is 2.26. The Morgan fingerprint density at radius 1 is 1.10 bits per heavy atom. The number of hydrogen-bond donors (Lipinski definition) is 0.